The van der Waals surface area contributed by atoms with Crippen LogP contribution in [0.1, 0.15) is 30.9 Å². The number of hydrogen-bond acceptors (Lipinski definition) is 3. The maximum absolute atomic E-state index is 13.3. The van der Waals surface area contributed by atoms with E-state index in [1.165, 1.54) is 5.56 Å². The van der Waals surface area contributed by atoms with Crippen molar-refractivity contribution in [1.29, 1.82) is 0 Å². The summed E-state index contributed by atoms with van der Waals surface area (Å²) in [4.78, 5) is 27.7. The van der Waals surface area contributed by atoms with Crippen molar-refractivity contribution in [2.45, 2.75) is 32.2 Å². The van der Waals surface area contributed by atoms with Gasteiger partial charge in [-0.25, -0.2) is 0 Å². The van der Waals surface area contributed by atoms with Crippen LogP contribution in [0.5, 0.6) is 0 Å². The number of carbonyl (C=O) groups is 2. The largest absolute Gasteiger partial charge is 0.344 e. The molecule has 1 saturated heterocycles. The monoisotopic (exact) mass is 393 g/mol. The number of likely N-dealkylation sites (tertiary alicyclic amines) is 1. The summed E-state index contributed by atoms with van der Waals surface area (Å²) in [7, 11) is 0. The minimum absolute atomic E-state index is 0.00863. The highest BCUT2D eigenvalue weighted by molar-refractivity contribution is 5.89. The van der Waals surface area contributed by atoms with E-state index in [4.69, 9.17) is 5.73 Å². The molecule has 0 spiro atoms. The third kappa shape index (κ3) is 5.24. The highest BCUT2D eigenvalue weighted by Gasteiger charge is 2.38. The Bertz CT molecular complexity index is 807. The average Bonchev–Trinajstić information content (AvgIpc) is 3.17. The molecule has 2 amide bonds. The normalized spacial score (nSPS) is 19.9. The van der Waals surface area contributed by atoms with Gasteiger partial charge in [-0.15, -0.1) is 0 Å². The maximum Gasteiger partial charge on any atom is 0.245 e. The molecule has 1 aliphatic rings. The predicted molar refractivity (Wildman–Crippen MR) is 115 cm³/mol. The van der Waals surface area contributed by atoms with Crippen LogP contribution in [0.15, 0.2) is 60.7 Å². The molecule has 2 aromatic carbocycles. The van der Waals surface area contributed by atoms with Gasteiger partial charge in [0.05, 0.1) is 6.42 Å². The van der Waals surface area contributed by atoms with Crippen molar-refractivity contribution in [3.8, 4) is 0 Å². The first-order valence-electron chi connectivity index (χ1n) is 10.4. The minimum Gasteiger partial charge on any atom is -0.344 e. The zero-order valence-electron chi connectivity index (χ0n) is 17.3. The fraction of sp³-hybridized carbons (Fsp3) is 0.417. The SMILES string of the molecule is CC(C)C(NC(=O)Cc1ccccc1)C(=O)N1C[C@@H](CN)[C@H](c2ccccc2)C1. The Hall–Kier alpha value is -2.66. The second-order valence-corrected chi connectivity index (χ2v) is 8.21. The molecule has 1 aliphatic heterocycles. The van der Waals surface area contributed by atoms with E-state index < -0.39 is 6.04 Å². The van der Waals surface area contributed by atoms with Gasteiger partial charge in [-0.2, -0.15) is 0 Å². The summed E-state index contributed by atoms with van der Waals surface area (Å²) < 4.78 is 0. The van der Waals surface area contributed by atoms with Crippen LogP contribution in [0.4, 0.5) is 0 Å². The number of benzene rings is 2. The molecule has 0 saturated carbocycles. The summed E-state index contributed by atoms with van der Waals surface area (Å²) in [5.74, 6) is 0.331. The second-order valence-electron chi connectivity index (χ2n) is 8.21. The minimum atomic E-state index is -0.529. The number of hydrogen-bond donors (Lipinski definition) is 2. The van der Waals surface area contributed by atoms with E-state index in [9.17, 15) is 9.59 Å². The van der Waals surface area contributed by atoms with Gasteiger partial charge in [0.15, 0.2) is 0 Å². The molecule has 0 aliphatic carbocycles. The Morgan fingerprint density at radius 2 is 1.66 bits per heavy atom. The third-order valence-electron chi connectivity index (χ3n) is 5.74. The molecule has 3 N–H and O–H groups in total. The van der Waals surface area contributed by atoms with Crippen LogP contribution in [0.2, 0.25) is 0 Å². The van der Waals surface area contributed by atoms with Gasteiger partial charge in [-0.05, 0) is 29.5 Å². The summed E-state index contributed by atoms with van der Waals surface area (Å²) in [5, 5.41) is 2.97. The fourth-order valence-electron chi connectivity index (χ4n) is 4.08. The van der Waals surface area contributed by atoms with Crippen molar-refractivity contribution in [3.63, 3.8) is 0 Å². The molecule has 2 aromatic rings. The quantitative estimate of drug-likeness (QED) is 0.759. The standard InChI is InChI=1S/C24H31N3O2/c1-17(2)23(26-22(28)13-18-9-5-3-6-10-18)24(29)27-15-20(14-25)21(16-27)19-11-7-4-8-12-19/h3-12,17,20-21,23H,13-16,25H2,1-2H3,(H,26,28)/t20-,21+,23?/m1/s1. The van der Waals surface area contributed by atoms with Gasteiger partial charge in [0.1, 0.15) is 6.04 Å². The predicted octanol–water partition coefficient (Wildman–Crippen LogP) is 2.57. The van der Waals surface area contributed by atoms with E-state index in [0.717, 1.165) is 5.56 Å². The summed E-state index contributed by atoms with van der Waals surface area (Å²) in [5.41, 5.74) is 8.17. The molecular weight excluding hydrogens is 362 g/mol. The zero-order chi connectivity index (χ0) is 20.8. The van der Waals surface area contributed by atoms with Crippen molar-refractivity contribution in [2.24, 2.45) is 17.6 Å². The van der Waals surface area contributed by atoms with E-state index in [1.807, 2.05) is 67.3 Å². The van der Waals surface area contributed by atoms with Crippen LogP contribution in [0.3, 0.4) is 0 Å². The van der Waals surface area contributed by atoms with Gasteiger partial charge in [0.25, 0.3) is 0 Å². The number of nitrogens with one attached hydrogen (secondary N) is 1. The van der Waals surface area contributed by atoms with Gasteiger partial charge in [0.2, 0.25) is 11.8 Å². The molecule has 1 unspecified atom stereocenters. The average molecular weight is 394 g/mol. The molecule has 0 bridgehead atoms. The van der Waals surface area contributed by atoms with Crippen molar-refractivity contribution in [1.82, 2.24) is 10.2 Å². The Morgan fingerprint density at radius 3 is 2.24 bits per heavy atom. The van der Waals surface area contributed by atoms with Crippen LogP contribution >= 0.6 is 0 Å². The third-order valence-corrected chi connectivity index (χ3v) is 5.74. The molecule has 5 heteroatoms. The Balaban J connectivity index is 1.68. The zero-order valence-corrected chi connectivity index (χ0v) is 17.3. The molecular formula is C24H31N3O2. The Morgan fingerprint density at radius 1 is 1.03 bits per heavy atom. The van der Waals surface area contributed by atoms with Crippen molar-refractivity contribution in [2.75, 3.05) is 19.6 Å². The van der Waals surface area contributed by atoms with E-state index in [0.29, 0.717) is 19.6 Å². The number of amides is 2. The lowest BCUT2D eigenvalue weighted by atomic mass is 9.89. The molecule has 3 rings (SSSR count). The number of nitrogens with two attached hydrogens (primary N) is 1. The lowest BCUT2D eigenvalue weighted by molar-refractivity contribution is -0.136. The van der Waals surface area contributed by atoms with Gasteiger partial charge in [-0.3, -0.25) is 9.59 Å². The lowest BCUT2D eigenvalue weighted by Gasteiger charge is -2.27. The van der Waals surface area contributed by atoms with Crippen LogP contribution in [0, 0.1) is 11.8 Å². The van der Waals surface area contributed by atoms with E-state index >= 15 is 0 Å². The summed E-state index contributed by atoms with van der Waals surface area (Å²) in [6, 6.07) is 19.3. The van der Waals surface area contributed by atoms with E-state index in [1.54, 1.807) is 0 Å². The van der Waals surface area contributed by atoms with Crippen LogP contribution in [0.25, 0.3) is 0 Å². The van der Waals surface area contributed by atoms with Crippen LogP contribution in [-0.2, 0) is 16.0 Å². The molecule has 29 heavy (non-hydrogen) atoms. The first-order chi connectivity index (χ1) is 14.0. The second kappa shape index (κ2) is 9.70. The van der Waals surface area contributed by atoms with E-state index in [2.05, 4.69) is 17.4 Å². The fourth-order valence-corrected chi connectivity index (χ4v) is 4.08. The van der Waals surface area contributed by atoms with Crippen molar-refractivity contribution < 1.29 is 9.59 Å². The Labute approximate surface area is 173 Å². The molecule has 1 fully saturated rings. The molecule has 0 radical (unpaired) electrons. The Kier molecular flexibility index (Phi) is 7.04. The topological polar surface area (TPSA) is 75.4 Å². The number of nitrogens with zero attached hydrogens (tertiary/aromatic N) is 1. The lowest BCUT2D eigenvalue weighted by Crippen LogP contribution is -2.51. The van der Waals surface area contributed by atoms with Crippen molar-refractivity contribution >= 4 is 11.8 Å². The first-order valence-corrected chi connectivity index (χ1v) is 10.4. The van der Waals surface area contributed by atoms with Gasteiger partial charge in [0, 0.05) is 19.0 Å². The van der Waals surface area contributed by atoms with Crippen LogP contribution < -0.4 is 11.1 Å². The molecule has 3 atom stereocenters. The highest BCUT2D eigenvalue weighted by Crippen LogP contribution is 2.32. The summed E-state index contributed by atoms with van der Waals surface area (Å²) >= 11 is 0. The smallest absolute Gasteiger partial charge is 0.245 e. The number of carbonyl (C=O) groups excluding carboxylic acids is 2. The maximum atomic E-state index is 13.3. The highest BCUT2D eigenvalue weighted by atomic mass is 16.2. The summed E-state index contributed by atoms with van der Waals surface area (Å²) in [6.07, 6.45) is 0.273. The van der Waals surface area contributed by atoms with Gasteiger partial charge < -0.3 is 16.0 Å². The first kappa shape index (κ1) is 21.1. The van der Waals surface area contributed by atoms with Crippen LogP contribution in [-0.4, -0.2) is 42.4 Å². The van der Waals surface area contributed by atoms with E-state index in [-0.39, 0.29) is 36.0 Å². The number of rotatable bonds is 7. The molecule has 0 aromatic heterocycles. The van der Waals surface area contributed by atoms with Gasteiger partial charge in [-0.1, -0.05) is 74.5 Å². The van der Waals surface area contributed by atoms with Crippen molar-refractivity contribution in [3.05, 3.63) is 71.8 Å². The van der Waals surface area contributed by atoms with Gasteiger partial charge >= 0.3 is 0 Å². The molecule has 5 nitrogen and oxygen atoms in total. The molecule has 154 valence electrons. The molecule has 1 heterocycles. The summed E-state index contributed by atoms with van der Waals surface area (Å²) in [6.45, 7) is 5.75.